The van der Waals surface area contributed by atoms with Gasteiger partial charge in [0.25, 0.3) is 0 Å². The van der Waals surface area contributed by atoms with Crippen molar-refractivity contribution in [3.05, 3.63) is 24.5 Å². The molecule has 0 spiro atoms. The molecule has 0 aromatic rings. The first-order valence-corrected chi connectivity index (χ1v) is 23.4. The highest BCUT2D eigenvalue weighted by atomic mass is 31.2. The highest BCUT2D eigenvalue weighted by molar-refractivity contribution is 7.47. The van der Waals surface area contributed by atoms with E-state index in [4.69, 9.17) is 24.3 Å². The van der Waals surface area contributed by atoms with Gasteiger partial charge in [-0.05, 0) is 51.0 Å². The maximum atomic E-state index is 12.6. The lowest BCUT2D eigenvalue weighted by molar-refractivity contribution is -0.153. The molecule has 0 bridgehead atoms. The number of carbonyl (C=O) groups excluding carboxylic acids is 1. The van der Waals surface area contributed by atoms with Gasteiger partial charge in [0.15, 0.2) is 6.10 Å². The van der Waals surface area contributed by atoms with Gasteiger partial charge >= 0.3 is 13.8 Å². The van der Waals surface area contributed by atoms with Crippen LogP contribution in [0.2, 0.25) is 0 Å². The summed E-state index contributed by atoms with van der Waals surface area (Å²) in [5, 5.41) is 0. The molecule has 0 radical (unpaired) electrons. The van der Waals surface area contributed by atoms with Crippen LogP contribution < -0.4 is 5.73 Å². The first kappa shape index (κ1) is 50.8. The number of carbonyl (C=O) groups is 1. The molecule has 0 rings (SSSR count). The molecule has 0 heterocycles. The predicted molar refractivity (Wildman–Crippen MR) is 219 cm³/mol. The van der Waals surface area contributed by atoms with Crippen molar-refractivity contribution in [2.24, 2.45) is 5.73 Å². The summed E-state index contributed by atoms with van der Waals surface area (Å²) < 4.78 is 33.2. The fourth-order valence-electron chi connectivity index (χ4n) is 6.19. The van der Waals surface area contributed by atoms with Crippen molar-refractivity contribution in [3.63, 3.8) is 0 Å². The van der Waals surface area contributed by atoms with Gasteiger partial charge in [0.2, 0.25) is 0 Å². The Hall–Kier alpha value is -1.18. The maximum absolute atomic E-state index is 12.6. The molecule has 0 saturated carbocycles. The molecule has 0 amide bonds. The molecule has 9 heteroatoms. The van der Waals surface area contributed by atoms with E-state index in [9.17, 15) is 14.3 Å². The molecule has 1 unspecified atom stereocenters. The number of hydrogen-bond donors (Lipinski definition) is 2. The molecule has 0 aromatic carbocycles. The van der Waals surface area contributed by atoms with Crippen molar-refractivity contribution >= 4 is 13.8 Å². The van der Waals surface area contributed by atoms with Gasteiger partial charge < -0.3 is 20.1 Å². The van der Waals surface area contributed by atoms with E-state index in [1.54, 1.807) is 6.26 Å². The Balaban J connectivity index is 4.04. The number of ether oxygens (including phenoxy) is 2. The monoisotopic (exact) mass is 758 g/mol. The summed E-state index contributed by atoms with van der Waals surface area (Å²) in [6, 6.07) is 0. The molecule has 0 aliphatic carbocycles. The van der Waals surface area contributed by atoms with Crippen molar-refractivity contribution in [1.82, 2.24) is 0 Å². The van der Waals surface area contributed by atoms with E-state index in [1.165, 1.54) is 161 Å². The Kier molecular flexibility index (Phi) is 40.1. The third-order valence-electron chi connectivity index (χ3n) is 9.44. The number of phosphoric ester groups is 1. The lowest BCUT2D eigenvalue weighted by atomic mass is 10.0. The van der Waals surface area contributed by atoms with Gasteiger partial charge in [-0.2, -0.15) is 0 Å². The molecule has 8 nitrogen and oxygen atoms in total. The highest BCUT2D eigenvalue weighted by Gasteiger charge is 2.25. The summed E-state index contributed by atoms with van der Waals surface area (Å²) in [7, 11) is -4.29. The molecule has 0 aromatic heterocycles. The molecule has 0 saturated heterocycles. The summed E-state index contributed by atoms with van der Waals surface area (Å²) in [6.45, 7) is 4.26. The van der Waals surface area contributed by atoms with E-state index >= 15 is 0 Å². The van der Waals surface area contributed by atoms with Crippen LogP contribution >= 0.6 is 7.82 Å². The first-order valence-electron chi connectivity index (χ1n) is 21.9. The number of rotatable bonds is 42. The van der Waals surface area contributed by atoms with Crippen LogP contribution in [0.4, 0.5) is 0 Å². The van der Waals surface area contributed by atoms with E-state index in [0.29, 0.717) is 6.42 Å². The number of esters is 1. The smallest absolute Gasteiger partial charge is 0.472 e. The van der Waals surface area contributed by atoms with E-state index in [-0.39, 0.29) is 32.3 Å². The van der Waals surface area contributed by atoms with Crippen LogP contribution in [0.1, 0.15) is 213 Å². The standard InChI is InChI=1S/C43H84NO7P/c1-3-5-7-9-11-13-15-17-19-20-21-22-23-24-26-28-30-32-34-36-43(45)51-42(41-50-52(46,47)49-39-37-44)40-48-38-35-33-31-29-27-25-18-16-14-12-10-8-6-4-2/h17,19,35,38,42H,3-16,18,20-34,36-37,39-41,44H2,1-2H3,(H,46,47)/b19-17-,38-35-/t42-/m1/s1. The fraction of sp³-hybridized carbons (Fsp3) is 0.884. The van der Waals surface area contributed by atoms with Crippen LogP contribution in [-0.2, 0) is 27.9 Å². The lowest BCUT2D eigenvalue weighted by Crippen LogP contribution is -2.27. The van der Waals surface area contributed by atoms with Crippen LogP contribution in [0.3, 0.4) is 0 Å². The summed E-state index contributed by atoms with van der Waals surface area (Å²) in [4.78, 5) is 22.4. The molecule has 0 aliphatic heterocycles. The minimum absolute atomic E-state index is 0.0348. The number of allylic oxidation sites excluding steroid dienone is 3. The van der Waals surface area contributed by atoms with Gasteiger partial charge in [0.1, 0.15) is 6.61 Å². The Labute approximate surface area is 321 Å². The lowest BCUT2D eigenvalue weighted by Gasteiger charge is -2.19. The molecule has 0 fully saturated rings. The third kappa shape index (κ3) is 40.0. The van der Waals surface area contributed by atoms with Gasteiger partial charge in [-0.25, -0.2) is 4.57 Å². The van der Waals surface area contributed by atoms with Crippen LogP contribution in [0, 0.1) is 0 Å². The van der Waals surface area contributed by atoms with Crippen LogP contribution in [-0.4, -0.2) is 43.3 Å². The van der Waals surface area contributed by atoms with Crippen molar-refractivity contribution in [2.45, 2.75) is 219 Å². The highest BCUT2D eigenvalue weighted by Crippen LogP contribution is 2.43. The predicted octanol–water partition coefficient (Wildman–Crippen LogP) is 13.2. The van der Waals surface area contributed by atoms with Crippen molar-refractivity contribution in [2.75, 3.05) is 26.4 Å². The summed E-state index contributed by atoms with van der Waals surface area (Å²) in [6.07, 6.45) is 45.7. The zero-order valence-electron chi connectivity index (χ0n) is 34.1. The van der Waals surface area contributed by atoms with Gasteiger partial charge in [-0.15, -0.1) is 0 Å². The zero-order chi connectivity index (χ0) is 38.1. The van der Waals surface area contributed by atoms with Gasteiger partial charge in [-0.1, -0.05) is 174 Å². The Morgan fingerprint density at radius 3 is 1.42 bits per heavy atom. The number of phosphoric acid groups is 1. The third-order valence-corrected chi connectivity index (χ3v) is 10.4. The summed E-state index contributed by atoms with van der Waals surface area (Å²) in [5.74, 6) is -0.352. The molecule has 308 valence electrons. The number of unbranched alkanes of at least 4 members (excludes halogenated alkanes) is 27. The molecular weight excluding hydrogens is 673 g/mol. The fourth-order valence-corrected chi connectivity index (χ4v) is 6.96. The van der Waals surface area contributed by atoms with Crippen molar-refractivity contribution < 1.29 is 32.8 Å². The number of nitrogens with two attached hydrogens (primary N) is 1. The molecule has 2 atom stereocenters. The zero-order valence-corrected chi connectivity index (χ0v) is 35.0. The quantitative estimate of drug-likeness (QED) is 0.0208. The van der Waals surface area contributed by atoms with E-state index in [1.807, 2.05) is 6.08 Å². The topological polar surface area (TPSA) is 117 Å². The minimum atomic E-state index is -4.29. The maximum Gasteiger partial charge on any atom is 0.472 e. The normalized spacial score (nSPS) is 13.6. The Bertz CT molecular complexity index is 853. The SMILES string of the molecule is CCCCCCCC/C=C\CCCCCCCCCCCC(=O)O[C@H](CO/C=C\CCCCCCCCCCCCCC)COP(=O)(O)OCCN. The van der Waals surface area contributed by atoms with Gasteiger partial charge in [0, 0.05) is 13.0 Å². The summed E-state index contributed by atoms with van der Waals surface area (Å²) >= 11 is 0. The molecule has 0 aliphatic rings. The second kappa shape index (κ2) is 41.0. The van der Waals surface area contributed by atoms with Crippen LogP contribution in [0.25, 0.3) is 0 Å². The Morgan fingerprint density at radius 1 is 0.577 bits per heavy atom. The average Bonchev–Trinajstić information content (AvgIpc) is 3.13. The van der Waals surface area contributed by atoms with E-state index in [2.05, 4.69) is 26.0 Å². The van der Waals surface area contributed by atoms with E-state index in [0.717, 1.165) is 32.1 Å². The van der Waals surface area contributed by atoms with Crippen molar-refractivity contribution in [1.29, 1.82) is 0 Å². The molecule has 52 heavy (non-hydrogen) atoms. The van der Waals surface area contributed by atoms with Gasteiger partial charge in [0.05, 0.1) is 19.5 Å². The largest absolute Gasteiger partial charge is 0.498 e. The molecule has 3 N–H and O–H groups in total. The van der Waals surface area contributed by atoms with Crippen LogP contribution in [0.15, 0.2) is 24.5 Å². The average molecular weight is 758 g/mol. The van der Waals surface area contributed by atoms with Crippen LogP contribution in [0.5, 0.6) is 0 Å². The second-order valence-electron chi connectivity index (χ2n) is 14.6. The van der Waals surface area contributed by atoms with Crippen molar-refractivity contribution in [3.8, 4) is 0 Å². The minimum Gasteiger partial charge on any atom is -0.498 e. The van der Waals surface area contributed by atoms with E-state index < -0.39 is 13.9 Å². The van der Waals surface area contributed by atoms with Gasteiger partial charge in [-0.3, -0.25) is 13.8 Å². The molecular formula is C43H84NO7P. The second-order valence-corrected chi connectivity index (χ2v) is 16.1. The Morgan fingerprint density at radius 2 is 0.981 bits per heavy atom. The number of hydrogen-bond acceptors (Lipinski definition) is 7. The first-order chi connectivity index (χ1) is 25.4. The summed E-state index contributed by atoms with van der Waals surface area (Å²) in [5.41, 5.74) is 5.36.